The molecule has 2 fully saturated rings. The molecule has 96 valence electrons. The molecule has 2 aliphatic carbocycles. The number of aliphatic carboxylic acids is 1. The molecular formula is C13H21NO3. The molecule has 0 radical (unpaired) electrons. The van der Waals surface area contributed by atoms with Gasteiger partial charge < -0.3 is 10.4 Å². The first-order chi connectivity index (χ1) is 8.00. The van der Waals surface area contributed by atoms with E-state index in [2.05, 4.69) is 19.2 Å². The van der Waals surface area contributed by atoms with Crippen molar-refractivity contribution in [3.8, 4) is 0 Å². The number of hydrogen-bond acceptors (Lipinski definition) is 2. The van der Waals surface area contributed by atoms with Crippen LogP contribution in [0, 0.1) is 23.7 Å². The van der Waals surface area contributed by atoms with Crippen LogP contribution in [0.15, 0.2) is 0 Å². The molecule has 17 heavy (non-hydrogen) atoms. The second-order valence-corrected chi connectivity index (χ2v) is 5.67. The van der Waals surface area contributed by atoms with Crippen molar-refractivity contribution in [2.45, 2.75) is 45.6 Å². The van der Waals surface area contributed by atoms with Crippen molar-refractivity contribution in [3.05, 3.63) is 0 Å². The Balaban J connectivity index is 1.85. The van der Waals surface area contributed by atoms with Crippen LogP contribution >= 0.6 is 0 Å². The maximum Gasteiger partial charge on any atom is 0.307 e. The fourth-order valence-corrected chi connectivity index (χ4v) is 2.83. The summed E-state index contributed by atoms with van der Waals surface area (Å²) in [6.07, 6.45) is 3.93. The third kappa shape index (κ3) is 2.61. The van der Waals surface area contributed by atoms with E-state index in [0.29, 0.717) is 18.3 Å². The predicted octanol–water partition coefficient (Wildman–Crippen LogP) is 1.65. The predicted molar refractivity (Wildman–Crippen MR) is 63.3 cm³/mol. The second kappa shape index (κ2) is 4.67. The van der Waals surface area contributed by atoms with Crippen molar-refractivity contribution in [2.75, 3.05) is 0 Å². The molecule has 0 aliphatic heterocycles. The van der Waals surface area contributed by atoms with E-state index in [9.17, 15) is 9.59 Å². The lowest BCUT2D eigenvalue weighted by Gasteiger charge is -2.34. The molecule has 0 spiro atoms. The van der Waals surface area contributed by atoms with E-state index < -0.39 is 11.9 Å². The zero-order chi connectivity index (χ0) is 12.6. The molecule has 0 aromatic heterocycles. The van der Waals surface area contributed by atoms with Crippen LogP contribution in [0.3, 0.4) is 0 Å². The van der Waals surface area contributed by atoms with Gasteiger partial charge in [-0.25, -0.2) is 0 Å². The van der Waals surface area contributed by atoms with Crippen LogP contribution in [0.5, 0.6) is 0 Å². The van der Waals surface area contributed by atoms with Gasteiger partial charge >= 0.3 is 5.97 Å². The van der Waals surface area contributed by atoms with Crippen LogP contribution in [-0.2, 0) is 9.59 Å². The highest BCUT2D eigenvalue weighted by molar-refractivity contribution is 5.89. The van der Waals surface area contributed by atoms with Crippen LogP contribution in [-0.4, -0.2) is 23.0 Å². The van der Waals surface area contributed by atoms with Crippen LogP contribution in [0.1, 0.15) is 39.5 Å². The van der Waals surface area contributed by atoms with E-state index >= 15 is 0 Å². The Kier molecular flexibility index (Phi) is 3.40. The van der Waals surface area contributed by atoms with Crippen molar-refractivity contribution in [2.24, 2.45) is 23.7 Å². The van der Waals surface area contributed by atoms with E-state index in [-0.39, 0.29) is 17.9 Å². The molecule has 0 bridgehead atoms. The molecule has 3 unspecified atom stereocenters. The Morgan fingerprint density at radius 1 is 1.18 bits per heavy atom. The van der Waals surface area contributed by atoms with Crippen LogP contribution in [0.4, 0.5) is 0 Å². The topological polar surface area (TPSA) is 66.4 Å². The number of rotatable bonds is 3. The highest BCUT2D eigenvalue weighted by atomic mass is 16.4. The summed E-state index contributed by atoms with van der Waals surface area (Å²) in [5.41, 5.74) is 0. The molecule has 0 heterocycles. The van der Waals surface area contributed by atoms with Gasteiger partial charge in [-0.15, -0.1) is 0 Å². The lowest BCUT2D eigenvalue weighted by atomic mass is 9.78. The van der Waals surface area contributed by atoms with Gasteiger partial charge in [-0.1, -0.05) is 26.7 Å². The second-order valence-electron chi connectivity index (χ2n) is 5.67. The van der Waals surface area contributed by atoms with Crippen molar-refractivity contribution in [3.63, 3.8) is 0 Å². The molecule has 5 atom stereocenters. The average molecular weight is 239 g/mol. The molecule has 2 N–H and O–H groups in total. The summed E-state index contributed by atoms with van der Waals surface area (Å²) >= 11 is 0. The van der Waals surface area contributed by atoms with Gasteiger partial charge in [0.05, 0.1) is 11.8 Å². The third-order valence-electron chi connectivity index (χ3n) is 4.48. The molecule has 2 rings (SSSR count). The zero-order valence-electron chi connectivity index (χ0n) is 10.5. The number of carboxylic acids is 1. The average Bonchev–Trinajstić information content (AvgIpc) is 3.04. The summed E-state index contributed by atoms with van der Waals surface area (Å²) in [6, 6.07) is 0.237. The van der Waals surface area contributed by atoms with Gasteiger partial charge in [0.2, 0.25) is 5.91 Å². The zero-order valence-corrected chi connectivity index (χ0v) is 10.5. The van der Waals surface area contributed by atoms with E-state index in [1.165, 1.54) is 6.42 Å². The summed E-state index contributed by atoms with van der Waals surface area (Å²) in [5, 5.41) is 11.8. The molecule has 0 aromatic carbocycles. The van der Waals surface area contributed by atoms with Gasteiger partial charge in [-0.2, -0.15) is 0 Å². The van der Waals surface area contributed by atoms with Gasteiger partial charge in [0.25, 0.3) is 0 Å². The van der Waals surface area contributed by atoms with E-state index in [4.69, 9.17) is 5.11 Å². The summed E-state index contributed by atoms with van der Waals surface area (Å²) in [7, 11) is 0. The van der Waals surface area contributed by atoms with Gasteiger partial charge in [-0.3, -0.25) is 9.59 Å². The van der Waals surface area contributed by atoms with Crippen LogP contribution in [0.2, 0.25) is 0 Å². The van der Waals surface area contributed by atoms with Crippen molar-refractivity contribution in [1.29, 1.82) is 0 Å². The van der Waals surface area contributed by atoms with E-state index in [1.807, 2.05) is 0 Å². The monoisotopic (exact) mass is 239 g/mol. The highest BCUT2D eigenvalue weighted by Gasteiger charge is 2.49. The summed E-state index contributed by atoms with van der Waals surface area (Å²) in [4.78, 5) is 22.6. The normalized spacial score (nSPS) is 40.7. The first kappa shape index (κ1) is 12.4. The summed E-state index contributed by atoms with van der Waals surface area (Å²) in [6.45, 7) is 4.40. The maximum absolute atomic E-state index is 11.9. The first-order valence-electron chi connectivity index (χ1n) is 6.54. The molecular weight excluding hydrogens is 218 g/mol. The number of amides is 1. The lowest BCUT2D eigenvalue weighted by Crippen LogP contribution is -2.44. The largest absolute Gasteiger partial charge is 0.481 e. The Bertz CT molecular complexity index is 329. The molecule has 4 nitrogen and oxygen atoms in total. The Labute approximate surface area is 102 Å². The van der Waals surface area contributed by atoms with E-state index in [1.54, 1.807) is 0 Å². The third-order valence-corrected chi connectivity index (χ3v) is 4.48. The lowest BCUT2D eigenvalue weighted by molar-refractivity contribution is -0.140. The molecule has 1 amide bonds. The molecule has 2 aliphatic rings. The summed E-state index contributed by atoms with van der Waals surface area (Å²) < 4.78 is 0. The van der Waals surface area contributed by atoms with E-state index in [0.717, 1.165) is 12.8 Å². The summed E-state index contributed by atoms with van der Waals surface area (Å²) in [5.74, 6) is -0.472. The van der Waals surface area contributed by atoms with Gasteiger partial charge in [0.15, 0.2) is 0 Å². The quantitative estimate of drug-likeness (QED) is 0.787. The number of carbonyl (C=O) groups is 2. The van der Waals surface area contributed by atoms with Gasteiger partial charge in [-0.05, 0) is 24.7 Å². The van der Waals surface area contributed by atoms with Crippen molar-refractivity contribution < 1.29 is 14.7 Å². The van der Waals surface area contributed by atoms with Crippen LogP contribution < -0.4 is 5.32 Å². The molecule has 0 aromatic rings. The van der Waals surface area contributed by atoms with Crippen LogP contribution in [0.25, 0.3) is 0 Å². The van der Waals surface area contributed by atoms with Crippen molar-refractivity contribution >= 4 is 11.9 Å². The van der Waals surface area contributed by atoms with Gasteiger partial charge in [0.1, 0.15) is 0 Å². The Hall–Kier alpha value is -1.06. The highest BCUT2D eigenvalue weighted by Crippen LogP contribution is 2.39. The number of hydrogen-bond donors (Lipinski definition) is 2. The minimum Gasteiger partial charge on any atom is -0.481 e. The van der Waals surface area contributed by atoms with Gasteiger partial charge in [0, 0.05) is 6.04 Å². The fourth-order valence-electron chi connectivity index (χ4n) is 2.83. The smallest absolute Gasteiger partial charge is 0.307 e. The minimum absolute atomic E-state index is 0.0525. The SMILES string of the molecule is CC1CCCC(NC(=O)[C@@H]2C[C@@H]2C(=O)O)C1C. The standard InChI is InChI=1S/C13H21NO3/c1-7-4-3-5-11(8(7)2)14-12(15)9-6-10(9)13(16)17/h7-11H,3-6H2,1-2H3,(H,14,15)(H,16,17)/t7?,8?,9-,10+,11?/m1/s1. The molecule has 4 heteroatoms. The minimum atomic E-state index is -0.838. The Morgan fingerprint density at radius 3 is 2.47 bits per heavy atom. The molecule has 0 saturated heterocycles. The number of nitrogens with one attached hydrogen (secondary N) is 1. The number of carbonyl (C=O) groups excluding carboxylic acids is 1. The number of carboxylic acid groups (broad SMARTS) is 1. The first-order valence-corrected chi connectivity index (χ1v) is 6.54. The Morgan fingerprint density at radius 2 is 1.88 bits per heavy atom. The fraction of sp³-hybridized carbons (Fsp3) is 0.846. The molecule has 2 saturated carbocycles. The maximum atomic E-state index is 11.9. The van der Waals surface area contributed by atoms with Crippen molar-refractivity contribution in [1.82, 2.24) is 5.32 Å².